The number of nitrogens with zero attached hydrogens (tertiary/aromatic N) is 1. The van der Waals surface area contributed by atoms with Crippen LogP contribution in [0.5, 0.6) is 0 Å². The Morgan fingerprint density at radius 2 is 2.08 bits per heavy atom. The van der Waals surface area contributed by atoms with Crippen molar-refractivity contribution in [1.29, 1.82) is 0 Å². The maximum Gasteiger partial charge on any atom is 0.123 e. The Hall–Kier alpha value is -0.890. The van der Waals surface area contributed by atoms with Gasteiger partial charge >= 0.3 is 0 Å². The highest BCUT2D eigenvalue weighted by atomic mass is 32.1. The maximum atomic E-state index is 4.33. The average molecular weight is 191 g/mol. The zero-order chi connectivity index (χ0) is 9.47. The lowest BCUT2D eigenvalue weighted by Crippen LogP contribution is -2.07. The first-order valence-corrected chi connectivity index (χ1v) is 5.24. The van der Waals surface area contributed by atoms with Gasteiger partial charge in [0.25, 0.3) is 0 Å². The van der Waals surface area contributed by atoms with E-state index >= 15 is 0 Å². The van der Waals surface area contributed by atoms with Gasteiger partial charge in [-0.2, -0.15) is 0 Å². The molecule has 0 atom stereocenters. The van der Waals surface area contributed by atoms with Gasteiger partial charge in [0.15, 0.2) is 0 Å². The van der Waals surface area contributed by atoms with Crippen molar-refractivity contribution in [3.05, 3.63) is 29.3 Å². The van der Waals surface area contributed by atoms with Gasteiger partial charge in [-0.3, -0.25) is 0 Å². The molecule has 0 aromatic carbocycles. The molecule has 2 aromatic rings. The van der Waals surface area contributed by atoms with Crippen LogP contribution in [0.1, 0.15) is 25.6 Å². The first-order chi connectivity index (χ1) is 6.07. The SMILES string of the molecule is CC(C)(C)c1cc2cccnc2s1. The van der Waals surface area contributed by atoms with E-state index in [0.29, 0.717) is 0 Å². The Morgan fingerprint density at radius 3 is 2.69 bits per heavy atom. The van der Waals surface area contributed by atoms with Gasteiger partial charge in [0.1, 0.15) is 4.83 Å². The van der Waals surface area contributed by atoms with E-state index in [1.54, 1.807) is 11.3 Å². The van der Waals surface area contributed by atoms with Gasteiger partial charge in [-0.1, -0.05) is 26.8 Å². The van der Waals surface area contributed by atoms with Crippen molar-refractivity contribution < 1.29 is 0 Å². The Kier molecular flexibility index (Phi) is 1.88. The summed E-state index contributed by atoms with van der Waals surface area (Å²) >= 11 is 1.79. The third kappa shape index (κ3) is 1.59. The molecule has 2 rings (SSSR count). The average Bonchev–Trinajstić information content (AvgIpc) is 2.45. The van der Waals surface area contributed by atoms with Gasteiger partial charge in [0.2, 0.25) is 0 Å². The molecule has 68 valence electrons. The zero-order valence-corrected chi connectivity index (χ0v) is 8.98. The second-order valence-electron chi connectivity index (χ2n) is 4.26. The van der Waals surface area contributed by atoms with E-state index in [9.17, 15) is 0 Å². The first kappa shape index (κ1) is 8.70. The van der Waals surface area contributed by atoms with Gasteiger partial charge in [0.05, 0.1) is 0 Å². The lowest BCUT2D eigenvalue weighted by Gasteiger charge is -2.14. The number of fused-ring (bicyclic) bond motifs is 1. The van der Waals surface area contributed by atoms with Crippen LogP contribution < -0.4 is 0 Å². The van der Waals surface area contributed by atoms with Crippen LogP contribution >= 0.6 is 11.3 Å². The Morgan fingerprint density at radius 1 is 1.31 bits per heavy atom. The van der Waals surface area contributed by atoms with E-state index in [4.69, 9.17) is 0 Å². The molecule has 0 aliphatic rings. The van der Waals surface area contributed by atoms with Gasteiger partial charge in [-0.15, -0.1) is 11.3 Å². The number of rotatable bonds is 0. The predicted octanol–water partition coefficient (Wildman–Crippen LogP) is 3.59. The van der Waals surface area contributed by atoms with E-state index in [1.807, 2.05) is 12.3 Å². The summed E-state index contributed by atoms with van der Waals surface area (Å²) in [6.45, 7) is 6.70. The van der Waals surface area contributed by atoms with E-state index in [1.165, 1.54) is 10.3 Å². The minimum atomic E-state index is 0.241. The number of hydrogen-bond donors (Lipinski definition) is 0. The molecule has 0 bridgehead atoms. The van der Waals surface area contributed by atoms with Crippen molar-refractivity contribution in [2.45, 2.75) is 26.2 Å². The third-order valence-corrected chi connectivity index (χ3v) is 3.52. The van der Waals surface area contributed by atoms with Crippen molar-refractivity contribution in [3.8, 4) is 0 Å². The summed E-state index contributed by atoms with van der Waals surface area (Å²) < 4.78 is 0. The molecule has 0 spiro atoms. The summed E-state index contributed by atoms with van der Waals surface area (Å²) in [5.41, 5.74) is 0.241. The van der Waals surface area contributed by atoms with Crippen LogP contribution in [-0.2, 0) is 5.41 Å². The van der Waals surface area contributed by atoms with Gasteiger partial charge < -0.3 is 0 Å². The quantitative estimate of drug-likeness (QED) is 0.620. The van der Waals surface area contributed by atoms with E-state index < -0.39 is 0 Å². The van der Waals surface area contributed by atoms with Crippen LogP contribution in [-0.4, -0.2) is 4.98 Å². The molecule has 0 aliphatic heterocycles. The molecule has 0 radical (unpaired) electrons. The smallest absolute Gasteiger partial charge is 0.123 e. The Bertz CT molecular complexity index is 390. The van der Waals surface area contributed by atoms with Crippen molar-refractivity contribution in [3.63, 3.8) is 0 Å². The summed E-state index contributed by atoms with van der Waals surface area (Å²) in [5.74, 6) is 0. The fourth-order valence-electron chi connectivity index (χ4n) is 1.24. The zero-order valence-electron chi connectivity index (χ0n) is 8.16. The Labute approximate surface area is 82.4 Å². The summed E-state index contributed by atoms with van der Waals surface area (Å²) in [6, 6.07) is 6.35. The molecule has 0 unspecified atom stereocenters. The topological polar surface area (TPSA) is 12.9 Å². The maximum absolute atomic E-state index is 4.33. The van der Waals surface area contributed by atoms with Crippen molar-refractivity contribution >= 4 is 21.6 Å². The van der Waals surface area contributed by atoms with Crippen LogP contribution in [0.4, 0.5) is 0 Å². The largest absolute Gasteiger partial charge is 0.245 e. The minimum absolute atomic E-state index is 0.241. The molecular formula is C11H13NS. The molecule has 2 aromatic heterocycles. The van der Waals surface area contributed by atoms with Crippen molar-refractivity contribution in [1.82, 2.24) is 4.98 Å². The third-order valence-electron chi connectivity index (χ3n) is 2.03. The fraction of sp³-hybridized carbons (Fsp3) is 0.364. The molecule has 0 N–H and O–H groups in total. The predicted molar refractivity (Wildman–Crippen MR) is 58.3 cm³/mol. The van der Waals surface area contributed by atoms with Crippen molar-refractivity contribution in [2.75, 3.05) is 0 Å². The first-order valence-electron chi connectivity index (χ1n) is 4.42. The second-order valence-corrected chi connectivity index (χ2v) is 5.29. The molecule has 0 saturated heterocycles. The van der Waals surface area contributed by atoms with Crippen LogP contribution in [0, 0.1) is 0 Å². The summed E-state index contributed by atoms with van der Waals surface area (Å²) in [4.78, 5) is 6.88. The summed E-state index contributed by atoms with van der Waals surface area (Å²) in [5, 5.41) is 1.26. The lowest BCUT2D eigenvalue weighted by molar-refractivity contribution is 0.604. The number of aromatic nitrogens is 1. The molecule has 0 saturated carbocycles. The molecule has 0 aliphatic carbocycles. The van der Waals surface area contributed by atoms with Crippen LogP contribution in [0.2, 0.25) is 0 Å². The second kappa shape index (κ2) is 2.81. The number of pyridine rings is 1. The van der Waals surface area contributed by atoms with E-state index in [-0.39, 0.29) is 5.41 Å². The standard InChI is InChI=1S/C11H13NS/c1-11(2,3)9-7-8-5-4-6-12-10(8)13-9/h4-7H,1-3H3. The molecule has 13 heavy (non-hydrogen) atoms. The summed E-state index contributed by atoms with van der Waals surface area (Å²) in [6.07, 6.45) is 1.85. The highest BCUT2D eigenvalue weighted by molar-refractivity contribution is 7.18. The highest BCUT2D eigenvalue weighted by Crippen LogP contribution is 2.32. The molecule has 2 heterocycles. The van der Waals surface area contributed by atoms with Gasteiger partial charge in [-0.25, -0.2) is 4.98 Å². The normalized spacial score (nSPS) is 12.2. The minimum Gasteiger partial charge on any atom is -0.245 e. The lowest BCUT2D eigenvalue weighted by atomic mass is 9.94. The van der Waals surface area contributed by atoms with Gasteiger partial charge in [0, 0.05) is 16.5 Å². The highest BCUT2D eigenvalue weighted by Gasteiger charge is 2.16. The monoisotopic (exact) mass is 191 g/mol. The van der Waals surface area contributed by atoms with Crippen LogP contribution in [0.15, 0.2) is 24.4 Å². The fourth-order valence-corrected chi connectivity index (χ4v) is 2.30. The van der Waals surface area contributed by atoms with Gasteiger partial charge in [-0.05, 0) is 17.5 Å². The van der Waals surface area contributed by atoms with E-state index in [0.717, 1.165) is 4.83 Å². The van der Waals surface area contributed by atoms with E-state index in [2.05, 4.69) is 37.9 Å². The molecule has 0 fully saturated rings. The number of hydrogen-bond acceptors (Lipinski definition) is 2. The molecule has 0 amide bonds. The number of thiophene rings is 1. The summed E-state index contributed by atoms with van der Waals surface area (Å²) in [7, 11) is 0. The molecule has 2 heteroatoms. The molecular weight excluding hydrogens is 178 g/mol. The van der Waals surface area contributed by atoms with Crippen LogP contribution in [0.25, 0.3) is 10.2 Å². The van der Waals surface area contributed by atoms with Crippen LogP contribution in [0.3, 0.4) is 0 Å². The Balaban J connectivity index is 2.63. The van der Waals surface area contributed by atoms with Crippen molar-refractivity contribution in [2.24, 2.45) is 0 Å². The molecule has 1 nitrogen and oxygen atoms in total.